The number of hydrogen-bond acceptors (Lipinski definition) is 2. The van der Waals surface area contributed by atoms with Gasteiger partial charge in [0, 0.05) is 0 Å². The minimum absolute atomic E-state index is 0.107. The summed E-state index contributed by atoms with van der Waals surface area (Å²) in [5.41, 5.74) is 1.13. The topological polar surface area (TPSA) is 40.5 Å². The Labute approximate surface area is 66.9 Å². The Morgan fingerprint density at radius 2 is 2.36 bits per heavy atom. The lowest BCUT2D eigenvalue weighted by atomic mass is 10.0. The van der Waals surface area contributed by atoms with E-state index in [1.807, 2.05) is 6.08 Å². The first kappa shape index (κ1) is 8.34. The number of hydrogen-bond donors (Lipinski definition) is 2. The fraction of sp³-hybridized carbons (Fsp3) is 0.556. The third-order valence-electron chi connectivity index (χ3n) is 1.82. The first-order valence-electron chi connectivity index (χ1n) is 4.01. The van der Waals surface area contributed by atoms with Crippen LogP contribution < -0.4 is 0 Å². The summed E-state index contributed by atoms with van der Waals surface area (Å²) in [5, 5.41) is 18.2. The second-order valence-corrected chi connectivity index (χ2v) is 2.85. The van der Waals surface area contributed by atoms with E-state index >= 15 is 0 Å². The van der Waals surface area contributed by atoms with Gasteiger partial charge in [-0.3, -0.25) is 0 Å². The highest BCUT2D eigenvalue weighted by Crippen LogP contribution is 2.18. The zero-order chi connectivity index (χ0) is 8.27. The van der Waals surface area contributed by atoms with Gasteiger partial charge < -0.3 is 10.2 Å². The van der Waals surface area contributed by atoms with Crippen LogP contribution in [0.1, 0.15) is 26.2 Å². The first-order chi connectivity index (χ1) is 5.24. The molecule has 2 N–H and O–H groups in total. The predicted molar refractivity (Wildman–Crippen MR) is 44.3 cm³/mol. The van der Waals surface area contributed by atoms with Gasteiger partial charge in [0.2, 0.25) is 0 Å². The van der Waals surface area contributed by atoms with E-state index < -0.39 is 6.10 Å². The molecule has 1 rings (SSSR count). The van der Waals surface area contributed by atoms with Gasteiger partial charge in [-0.15, -0.1) is 0 Å². The van der Waals surface area contributed by atoms with E-state index in [4.69, 9.17) is 10.2 Å². The molecule has 1 unspecified atom stereocenters. The quantitative estimate of drug-likeness (QED) is 0.638. The molecular weight excluding hydrogens is 140 g/mol. The average Bonchev–Trinajstić information content (AvgIpc) is 1.98. The molecule has 2 heteroatoms. The average molecular weight is 154 g/mol. The van der Waals surface area contributed by atoms with E-state index in [-0.39, 0.29) is 5.76 Å². The molecule has 0 amide bonds. The van der Waals surface area contributed by atoms with Crippen molar-refractivity contribution in [3.63, 3.8) is 0 Å². The predicted octanol–water partition coefficient (Wildman–Crippen LogP) is 1.92. The van der Waals surface area contributed by atoms with E-state index in [9.17, 15) is 0 Å². The van der Waals surface area contributed by atoms with Crippen LogP contribution in [0.2, 0.25) is 0 Å². The minimum atomic E-state index is -0.671. The van der Waals surface area contributed by atoms with E-state index in [1.165, 1.54) is 0 Å². The second-order valence-electron chi connectivity index (χ2n) is 2.85. The standard InChI is InChI=1S/C9H14O2/c1-2-3-7-4-5-8(10)9(11)6-7/h4,6,8,10-11H,2-3,5H2,1H3. The number of aliphatic hydroxyl groups excluding tert-OH is 2. The summed E-state index contributed by atoms with van der Waals surface area (Å²) >= 11 is 0. The van der Waals surface area contributed by atoms with Gasteiger partial charge >= 0.3 is 0 Å². The Kier molecular flexibility index (Phi) is 2.71. The Bertz CT molecular complexity index is 192. The van der Waals surface area contributed by atoms with Crippen molar-refractivity contribution in [2.45, 2.75) is 32.3 Å². The van der Waals surface area contributed by atoms with Crippen LogP contribution in [0.5, 0.6) is 0 Å². The van der Waals surface area contributed by atoms with Crippen molar-refractivity contribution in [2.24, 2.45) is 0 Å². The highest BCUT2D eigenvalue weighted by atomic mass is 16.3. The molecule has 1 aliphatic carbocycles. The van der Waals surface area contributed by atoms with Gasteiger partial charge in [-0.1, -0.05) is 19.4 Å². The van der Waals surface area contributed by atoms with Gasteiger partial charge in [0.05, 0.1) is 0 Å². The molecule has 0 aliphatic heterocycles. The summed E-state index contributed by atoms with van der Waals surface area (Å²) < 4.78 is 0. The highest BCUT2D eigenvalue weighted by molar-refractivity contribution is 5.26. The van der Waals surface area contributed by atoms with Gasteiger partial charge in [-0.2, -0.15) is 0 Å². The lowest BCUT2D eigenvalue weighted by molar-refractivity contribution is 0.153. The van der Waals surface area contributed by atoms with Gasteiger partial charge in [0.1, 0.15) is 11.9 Å². The first-order valence-corrected chi connectivity index (χ1v) is 4.01. The van der Waals surface area contributed by atoms with Gasteiger partial charge in [0.15, 0.2) is 0 Å². The smallest absolute Gasteiger partial charge is 0.121 e. The van der Waals surface area contributed by atoms with E-state index in [0.29, 0.717) is 6.42 Å². The van der Waals surface area contributed by atoms with Gasteiger partial charge in [-0.25, -0.2) is 0 Å². The summed E-state index contributed by atoms with van der Waals surface area (Å²) in [7, 11) is 0. The zero-order valence-electron chi connectivity index (χ0n) is 6.75. The number of aliphatic hydroxyl groups is 2. The van der Waals surface area contributed by atoms with Crippen LogP contribution in [-0.4, -0.2) is 16.3 Å². The Morgan fingerprint density at radius 3 is 2.91 bits per heavy atom. The summed E-state index contributed by atoms with van der Waals surface area (Å²) in [4.78, 5) is 0. The fourth-order valence-corrected chi connectivity index (χ4v) is 1.19. The summed E-state index contributed by atoms with van der Waals surface area (Å²) in [6, 6.07) is 0. The maximum atomic E-state index is 9.15. The molecule has 0 heterocycles. The molecule has 1 atom stereocenters. The Balaban J connectivity index is 2.59. The van der Waals surface area contributed by atoms with E-state index in [2.05, 4.69) is 6.92 Å². The molecule has 0 saturated carbocycles. The van der Waals surface area contributed by atoms with Crippen molar-refractivity contribution < 1.29 is 10.2 Å². The zero-order valence-corrected chi connectivity index (χ0v) is 6.75. The summed E-state index contributed by atoms with van der Waals surface area (Å²) in [6.07, 6.45) is 5.58. The van der Waals surface area contributed by atoms with Crippen LogP contribution in [0.15, 0.2) is 23.5 Å². The van der Waals surface area contributed by atoms with Crippen molar-refractivity contribution in [2.75, 3.05) is 0 Å². The molecular formula is C9H14O2. The second kappa shape index (κ2) is 3.58. The highest BCUT2D eigenvalue weighted by Gasteiger charge is 2.12. The largest absolute Gasteiger partial charge is 0.510 e. The molecule has 0 aromatic carbocycles. The van der Waals surface area contributed by atoms with Crippen molar-refractivity contribution in [3.05, 3.63) is 23.5 Å². The third-order valence-corrected chi connectivity index (χ3v) is 1.82. The molecule has 0 spiro atoms. The van der Waals surface area contributed by atoms with Crippen molar-refractivity contribution in [1.29, 1.82) is 0 Å². The molecule has 0 saturated heterocycles. The molecule has 0 fully saturated rings. The maximum Gasteiger partial charge on any atom is 0.121 e. The van der Waals surface area contributed by atoms with Crippen LogP contribution in [0.3, 0.4) is 0 Å². The molecule has 0 aromatic heterocycles. The number of allylic oxidation sites excluding steroid dienone is 2. The van der Waals surface area contributed by atoms with Crippen LogP contribution in [0, 0.1) is 0 Å². The SMILES string of the molecule is CCCC1=CCC(O)C(O)=C1. The molecule has 2 nitrogen and oxygen atoms in total. The molecule has 0 aromatic rings. The minimum Gasteiger partial charge on any atom is -0.510 e. The molecule has 62 valence electrons. The van der Waals surface area contributed by atoms with Crippen molar-refractivity contribution in [3.8, 4) is 0 Å². The molecule has 0 bridgehead atoms. The van der Waals surface area contributed by atoms with E-state index in [0.717, 1.165) is 18.4 Å². The summed E-state index contributed by atoms with van der Waals surface area (Å²) in [6.45, 7) is 2.09. The maximum absolute atomic E-state index is 9.15. The fourth-order valence-electron chi connectivity index (χ4n) is 1.19. The summed E-state index contributed by atoms with van der Waals surface area (Å²) in [5.74, 6) is 0.107. The van der Waals surface area contributed by atoms with Crippen LogP contribution in [0.25, 0.3) is 0 Å². The third kappa shape index (κ3) is 2.09. The van der Waals surface area contributed by atoms with Gasteiger partial charge in [0.25, 0.3) is 0 Å². The normalized spacial score (nSPS) is 24.4. The monoisotopic (exact) mass is 154 g/mol. The van der Waals surface area contributed by atoms with Crippen LogP contribution >= 0.6 is 0 Å². The van der Waals surface area contributed by atoms with E-state index in [1.54, 1.807) is 6.08 Å². The lowest BCUT2D eigenvalue weighted by Gasteiger charge is -2.14. The van der Waals surface area contributed by atoms with Gasteiger partial charge in [-0.05, 0) is 24.5 Å². The van der Waals surface area contributed by atoms with Crippen LogP contribution in [-0.2, 0) is 0 Å². The van der Waals surface area contributed by atoms with Crippen LogP contribution in [0.4, 0.5) is 0 Å². The number of rotatable bonds is 2. The molecule has 1 aliphatic rings. The van der Waals surface area contributed by atoms with Crippen molar-refractivity contribution in [1.82, 2.24) is 0 Å². The molecule has 11 heavy (non-hydrogen) atoms. The Hall–Kier alpha value is -0.760. The molecule has 0 radical (unpaired) electrons. The van der Waals surface area contributed by atoms with Crippen molar-refractivity contribution >= 4 is 0 Å². The Morgan fingerprint density at radius 1 is 1.64 bits per heavy atom. The lowest BCUT2D eigenvalue weighted by Crippen LogP contribution is -2.12.